The van der Waals surface area contributed by atoms with Gasteiger partial charge in [0.15, 0.2) is 9.84 Å². The highest BCUT2D eigenvalue weighted by molar-refractivity contribution is 7.90. The molecule has 0 saturated heterocycles. The molecule has 1 atom stereocenters. The Labute approximate surface area is 239 Å². The van der Waals surface area contributed by atoms with Crippen LogP contribution in [0.2, 0.25) is 5.02 Å². The van der Waals surface area contributed by atoms with Crippen LogP contribution in [0.15, 0.2) is 76.8 Å². The van der Waals surface area contributed by atoms with Crippen LogP contribution in [0.4, 0.5) is 16.0 Å². The fourth-order valence-electron chi connectivity index (χ4n) is 4.08. The molecule has 5 aromatic rings. The Morgan fingerprint density at radius 2 is 1.85 bits per heavy atom. The second-order valence-electron chi connectivity index (χ2n) is 8.97. The molecule has 3 aromatic heterocycles. The molecule has 206 valence electrons. The first-order chi connectivity index (χ1) is 19.5. The van der Waals surface area contributed by atoms with Gasteiger partial charge in [0, 0.05) is 6.26 Å². The van der Waals surface area contributed by atoms with E-state index < -0.39 is 27.3 Å². The van der Waals surface area contributed by atoms with Crippen molar-refractivity contribution in [3.8, 4) is 17.5 Å². The third-order valence-corrected chi connectivity index (χ3v) is 7.46. The number of pyridine rings is 1. The minimum absolute atomic E-state index is 0.0308. The van der Waals surface area contributed by atoms with E-state index in [9.17, 15) is 17.6 Å². The van der Waals surface area contributed by atoms with Gasteiger partial charge < -0.3 is 11.1 Å². The van der Waals surface area contributed by atoms with Gasteiger partial charge in [0.2, 0.25) is 0 Å². The first-order valence-electron chi connectivity index (χ1n) is 12.0. The number of hydrogen-bond donors (Lipinski definition) is 2. The number of benzene rings is 2. The van der Waals surface area contributed by atoms with Crippen LogP contribution in [-0.4, -0.2) is 39.2 Å². The van der Waals surface area contributed by atoms with E-state index in [0.717, 1.165) is 12.5 Å². The second-order valence-corrected chi connectivity index (χ2v) is 11.4. The molecule has 0 fully saturated rings. The maximum absolute atomic E-state index is 13.9. The topological polar surface area (TPSA) is 146 Å². The molecular weight excluding hydrogens is 569 g/mol. The summed E-state index contributed by atoms with van der Waals surface area (Å²) in [7, 11) is -3.57. The molecule has 0 spiro atoms. The van der Waals surface area contributed by atoms with E-state index in [4.69, 9.17) is 22.3 Å². The standard InChI is InChI=1S/C28H21ClFN7O3S/c1-16(35-26-21(25(31)33-15-34-26)12-11-18-10-9-17(30)14-32-18)27-36-23-8-4-7-22(29)24(23)28(38)37(27)19-5-3-6-20(13-19)41(2,39)40/h3-10,13-16H,1-2H3,(H3,31,33,34,35). The molecular formula is C28H21ClFN7O3S. The normalized spacial score (nSPS) is 12.0. The summed E-state index contributed by atoms with van der Waals surface area (Å²) in [6, 6.07) is 12.9. The molecule has 0 saturated carbocycles. The van der Waals surface area contributed by atoms with Gasteiger partial charge in [-0.2, -0.15) is 0 Å². The van der Waals surface area contributed by atoms with Crippen molar-refractivity contribution >= 4 is 44.0 Å². The predicted molar refractivity (Wildman–Crippen MR) is 154 cm³/mol. The lowest BCUT2D eigenvalue weighted by Crippen LogP contribution is -2.28. The number of nitrogens with zero attached hydrogens (tertiary/aromatic N) is 5. The largest absolute Gasteiger partial charge is 0.382 e. The van der Waals surface area contributed by atoms with Crippen LogP contribution < -0.4 is 16.6 Å². The van der Waals surface area contributed by atoms with Gasteiger partial charge in [0.25, 0.3) is 5.56 Å². The summed E-state index contributed by atoms with van der Waals surface area (Å²) in [6.07, 6.45) is 3.38. The van der Waals surface area contributed by atoms with E-state index in [1.165, 1.54) is 35.2 Å². The van der Waals surface area contributed by atoms with Gasteiger partial charge in [0.05, 0.1) is 38.7 Å². The van der Waals surface area contributed by atoms with E-state index in [-0.39, 0.29) is 44.0 Å². The van der Waals surface area contributed by atoms with Crippen molar-refractivity contribution in [2.75, 3.05) is 17.3 Å². The molecule has 0 aliphatic rings. The number of nitrogens with two attached hydrogens (primary N) is 1. The predicted octanol–water partition coefficient (Wildman–Crippen LogP) is 3.92. The molecule has 41 heavy (non-hydrogen) atoms. The quantitative estimate of drug-likeness (QED) is 0.291. The fraction of sp³-hybridized carbons (Fsp3) is 0.107. The summed E-state index contributed by atoms with van der Waals surface area (Å²) in [5.41, 5.74) is 6.80. The molecule has 3 heterocycles. The maximum Gasteiger partial charge on any atom is 0.267 e. The van der Waals surface area contributed by atoms with Crippen molar-refractivity contribution in [2.24, 2.45) is 0 Å². The summed E-state index contributed by atoms with van der Waals surface area (Å²) in [5, 5.41) is 3.57. The molecule has 10 nitrogen and oxygen atoms in total. The van der Waals surface area contributed by atoms with Crippen molar-refractivity contribution in [3.05, 3.63) is 105 Å². The lowest BCUT2D eigenvalue weighted by atomic mass is 10.2. The fourth-order valence-corrected chi connectivity index (χ4v) is 4.99. The van der Waals surface area contributed by atoms with Gasteiger partial charge in [-0.15, -0.1) is 0 Å². The first kappa shape index (κ1) is 27.7. The minimum atomic E-state index is -3.57. The average molecular weight is 590 g/mol. The molecule has 0 radical (unpaired) electrons. The number of anilines is 2. The van der Waals surface area contributed by atoms with Gasteiger partial charge in [0.1, 0.15) is 40.9 Å². The van der Waals surface area contributed by atoms with Crippen LogP contribution in [0.1, 0.15) is 30.0 Å². The Hall–Kier alpha value is -4.86. The Morgan fingerprint density at radius 3 is 2.59 bits per heavy atom. The second kappa shape index (κ2) is 11.0. The van der Waals surface area contributed by atoms with Crippen LogP contribution >= 0.6 is 11.6 Å². The summed E-state index contributed by atoms with van der Waals surface area (Å²) < 4.78 is 39.1. The minimum Gasteiger partial charge on any atom is -0.382 e. The number of aromatic nitrogens is 5. The molecule has 5 rings (SSSR count). The third-order valence-electron chi connectivity index (χ3n) is 6.04. The Balaban J connectivity index is 1.65. The zero-order valence-corrected chi connectivity index (χ0v) is 23.2. The number of rotatable bonds is 5. The van der Waals surface area contributed by atoms with E-state index in [0.29, 0.717) is 11.2 Å². The summed E-state index contributed by atoms with van der Waals surface area (Å²) in [6.45, 7) is 1.74. The molecule has 0 aliphatic carbocycles. The van der Waals surface area contributed by atoms with Crippen LogP contribution in [0.25, 0.3) is 16.6 Å². The van der Waals surface area contributed by atoms with Gasteiger partial charge >= 0.3 is 0 Å². The lowest BCUT2D eigenvalue weighted by Gasteiger charge is -2.21. The van der Waals surface area contributed by atoms with Crippen molar-refractivity contribution in [2.45, 2.75) is 17.9 Å². The molecule has 2 aromatic carbocycles. The van der Waals surface area contributed by atoms with Crippen LogP contribution in [0.5, 0.6) is 0 Å². The monoisotopic (exact) mass is 589 g/mol. The van der Waals surface area contributed by atoms with Gasteiger partial charge in [-0.3, -0.25) is 9.36 Å². The van der Waals surface area contributed by atoms with E-state index in [1.807, 2.05) is 0 Å². The van der Waals surface area contributed by atoms with E-state index in [2.05, 4.69) is 32.1 Å². The zero-order chi connectivity index (χ0) is 29.3. The van der Waals surface area contributed by atoms with Crippen LogP contribution in [-0.2, 0) is 9.84 Å². The van der Waals surface area contributed by atoms with Crippen molar-refractivity contribution in [1.29, 1.82) is 0 Å². The number of nitrogen functional groups attached to an aromatic ring is 1. The Morgan fingerprint density at radius 1 is 1.07 bits per heavy atom. The highest BCUT2D eigenvalue weighted by Gasteiger charge is 2.22. The van der Waals surface area contributed by atoms with E-state index >= 15 is 0 Å². The number of sulfone groups is 1. The van der Waals surface area contributed by atoms with Gasteiger partial charge in [-0.25, -0.2) is 32.7 Å². The number of fused-ring (bicyclic) bond motifs is 1. The SMILES string of the molecule is CC(Nc1ncnc(N)c1C#Cc1ccc(F)cn1)c1nc2cccc(Cl)c2c(=O)n1-c1cccc(S(C)(=O)=O)c1. The van der Waals surface area contributed by atoms with Crippen LogP contribution in [0, 0.1) is 17.7 Å². The number of hydrogen-bond acceptors (Lipinski definition) is 9. The number of nitrogens with one attached hydrogen (secondary N) is 1. The Bertz CT molecular complexity index is 2040. The van der Waals surface area contributed by atoms with Crippen molar-refractivity contribution in [3.63, 3.8) is 0 Å². The lowest BCUT2D eigenvalue weighted by molar-refractivity contribution is 0.601. The highest BCUT2D eigenvalue weighted by Crippen LogP contribution is 2.27. The molecule has 0 amide bonds. The molecule has 0 bridgehead atoms. The van der Waals surface area contributed by atoms with E-state index in [1.54, 1.807) is 37.3 Å². The van der Waals surface area contributed by atoms with Gasteiger partial charge in [-0.05, 0) is 55.3 Å². The maximum atomic E-state index is 13.9. The Kier molecular flexibility index (Phi) is 7.40. The van der Waals surface area contributed by atoms with Crippen molar-refractivity contribution < 1.29 is 12.8 Å². The average Bonchev–Trinajstić information content (AvgIpc) is 2.93. The number of halogens is 2. The molecule has 0 aliphatic heterocycles. The van der Waals surface area contributed by atoms with Crippen LogP contribution in [0.3, 0.4) is 0 Å². The third kappa shape index (κ3) is 5.72. The zero-order valence-electron chi connectivity index (χ0n) is 21.6. The molecule has 1 unspecified atom stereocenters. The first-order valence-corrected chi connectivity index (χ1v) is 14.3. The van der Waals surface area contributed by atoms with Gasteiger partial charge in [-0.1, -0.05) is 29.7 Å². The highest BCUT2D eigenvalue weighted by atomic mass is 35.5. The molecule has 13 heteroatoms. The smallest absolute Gasteiger partial charge is 0.267 e. The van der Waals surface area contributed by atoms with Crippen molar-refractivity contribution in [1.82, 2.24) is 24.5 Å². The summed E-state index contributed by atoms with van der Waals surface area (Å²) in [5.74, 6) is 5.76. The summed E-state index contributed by atoms with van der Waals surface area (Å²) in [4.78, 5) is 30.8. The summed E-state index contributed by atoms with van der Waals surface area (Å²) >= 11 is 6.38. The molecule has 3 N–H and O–H groups in total.